The van der Waals surface area contributed by atoms with E-state index in [9.17, 15) is 30.6 Å². The number of fused-ring (bicyclic) bond motifs is 4. The number of allylic oxidation sites excluding steroid dienone is 4. The van der Waals surface area contributed by atoms with Crippen LogP contribution in [0.25, 0.3) is 88.1 Å². The van der Waals surface area contributed by atoms with E-state index in [0.29, 0.717) is 60.2 Å². The van der Waals surface area contributed by atoms with Gasteiger partial charge in [0.15, 0.2) is 0 Å². The molecule has 8 N–H and O–H groups in total. The van der Waals surface area contributed by atoms with Gasteiger partial charge in [-0.3, -0.25) is 0 Å². The average Bonchev–Trinajstić information content (AvgIpc) is 0.771. The molecule has 4 atom stereocenters. The summed E-state index contributed by atoms with van der Waals surface area (Å²) in [4.78, 5) is 19.3. The van der Waals surface area contributed by atoms with Gasteiger partial charge in [-0.2, -0.15) is 0 Å². The van der Waals surface area contributed by atoms with Crippen LogP contribution in [0, 0.1) is 151 Å². The molecular weight excluding hydrogens is 2540 g/mol. The third-order valence-electron chi connectivity index (χ3n) is 24.8. The number of aryl methyl sites for hydroxylation is 8. The van der Waals surface area contributed by atoms with E-state index in [1.54, 1.807) is 0 Å². The van der Waals surface area contributed by atoms with Crippen LogP contribution < -0.4 is 0 Å². The minimum Gasteiger partial charge on any atom is -0.513 e. The van der Waals surface area contributed by atoms with Crippen LogP contribution in [0.2, 0.25) is 0 Å². The van der Waals surface area contributed by atoms with Gasteiger partial charge in [-0.15, -0.1) is 140 Å². The van der Waals surface area contributed by atoms with E-state index in [1.165, 1.54) is 145 Å². The van der Waals surface area contributed by atoms with E-state index in [4.69, 9.17) is 30.1 Å². The fourth-order valence-corrected chi connectivity index (χ4v) is 17.0. The molecule has 12 nitrogen and oxygen atoms in total. The third-order valence-corrected chi connectivity index (χ3v) is 24.8. The molecule has 0 amide bonds. The standard InChI is InChI=1S/3C25H30N.C23H26N.3C9H18O2.C7H14O2.4Ir/c1-16(2)9-20-14-21(10-17(3)4)23-7-8-26-25(24(23)15-20)22-12-18(5)11-19(6)13-22;1-16(2)9-20-7-8-23-24(14-20)22(10-17(3)4)15-26-25(23)21-12-18(5)11-19(6)13-21;1-16(2)9-20-7-8-23-22(10-17(3)4)15-26-25(24(23)14-20)21-12-18(5)11-19(6)13-21;1-14(2)18-12-21(15(3)4)20-7-8-24-23(22(20)13-18)19-10-16(5)9-17(6)11-19;3*1-6(2)8(10)5-9(11)7(3)4;1-3-6(8)5-7(9)4-2;;;;/h3*7-8,11-12,14-17H,9-10H2,1-6H3;7-10,12-15H,1-6H3;3*5-8,10-11H,1-4H3;5-6,8-9H,3-4H2,1-2H3;;;;/q4*-1;;;;;;;;. The molecule has 4 radical (unpaired) electrons. The van der Waals surface area contributed by atoms with Crippen LogP contribution in [-0.2, 0) is 119 Å². The predicted octanol–water partition coefficient (Wildman–Crippen LogP) is 34.6. The second kappa shape index (κ2) is 67.5. The fourth-order valence-electron chi connectivity index (χ4n) is 17.0. The molecule has 0 saturated carbocycles. The summed E-state index contributed by atoms with van der Waals surface area (Å²) in [5.41, 5.74) is 29.5. The van der Waals surface area contributed by atoms with Gasteiger partial charge in [0.2, 0.25) is 0 Å². The van der Waals surface area contributed by atoms with Gasteiger partial charge < -0.3 is 60.8 Å². The second-order valence-corrected chi connectivity index (χ2v) is 45.2. The van der Waals surface area contributed by atoms with Gasteiger partial charge in [-0.1, -0.05) is 324 Å². The van der Waals surface area contributed by atoms with E-state index < -0.39 is 24.4 Å². The Labute approximate surface area is 949 Å². The molecule has 0 aliphatic rings. The quantitative estimate of drug-likeness (QED) is 0.0156. The first-order chi connectivity index (χ1) is 67.4. The average molecular weight is 2720 g/mol. The molecule has 12 aromatic rings. The first kappa shape index (κ1) is 138. The minimum atomic E-state index is -0.530. The molecule has 0 bridgehead atoms. The first-order valence-corrected chi connectivity index (χ1v) is 53.4. The van der Waals surface area contributed by atoms with E-state index in [1.807, 2.05) is 109 Å². The Hall–Kier alpha value is -8.00. The molecule has 0 fully saturated rings. The molecule has 4 aromatic heterocycles. The van der Waals surface area contributed by atoms with Crippen LogP contribution in [-0.4, -0.2) is 85.2 Å². The maximum Gasteiger partial charge on any atom is 0.0933 e. The topological polar surface area (TPSA) is 213 Å². The summed E-state index contributed by atoms with van der Waals surface area (Å²) in [5.74, 6) is 6.69. The van der Waals surface area contributed by atoms with Crippen LogP contribution >= 0.6 is 0 Å². The summed E-state index contributed by atoms with van der Waals surface area (Å²) in [6.45, 7) is 79.9. The number of pyridine rings is 4. The number of aliphatic hydroxyl groups is 8. The number of nitrogens with zero attached hydrogens (tertiary/aromatic N) is 4. The Balaban J connectivity index is 0.000000869. The van der Waals surface area contributed by atoms with E-state index in [0.717, 1.165) is 94.7 Å². The number of benzene rings is 8. The summed E-state index contributed by atoms with van der Waals surface area (Å²) < 4.78 is 0. The molecule has 0 saturated heterocycles. The second-order valence-electron chi connectivity index (χ2n) is 45.2. The van der Waals surface area contributed by atoms with Crippen molar-refractivity contribution >= 4 is 43.1 Å². The van der Waals surface area contributed by atoms with Gasteiger partial charge in [0, 0.05) is 129 Å². The minimum absolute atomic E-state index is 0. The van der Waals surface area contributed by atoms with Crippen LogP contribution in [0.4, 0.5) is 0 Å². The van der Waals surface area contributed by atoms with Crippen LogP contribution in [0.15, 0.2) is 193 Å². The molecule has 820 valence electrons. The Morgan fingerprint density at radius 2 is 0.588 bits per heavy atom. The molecule has 12 rings (SSSR count). The zero-order valence-electron chi connectivity index (χ0n) is 96.9. The zero-order chi connectivity index (χ0) is 108. The van der Waals surface area contributed by atoms with Crippen molar-refractivity contribution in [1.82, 2.24) is 19.9 Å². The Kier molecular flexibility index (Phi) is 63.0. The third kappa shape index (κ3) is 46.5. The van der Waals surface area contributed by atoms with Crippen molar-refractivity contribution in [3.63, 3.8) is 0 Å². The van der Waals surface area contributed by atoms with E-state index >= 15 is 0 Å². The van der Waals surface area contributed by atoms with Crippen LogP contribution in [0.5, 0.6) is 0 Å². The summed E-state index contributed by atoms with van der Waals surface area (Å²) in [6, 6.07) is 59.1. The molecule has 0 spiro atoms. The van der Waals surface area contributed by atoms with E-state index in [2.05, 4.69) is 324 Å². The normalized spacial score (nSPS) is 12.6. The SMILES string of the molecule is CC(C)C(O)=CC(O)C(C)C.CC(C)C(O)=CC(O)C(C)C.CC(C)C(O)=CC(O)C(C)C.CCC(O)=CC(O)CC.Cc1[c-]c(-c2ncc(CC(C)C)c3cc(CC(C)C)ccc23)cc(C)c1.Cc1[c-]c(-c2ncc(CC(C)C)c3ccc(CC(C)C)cc23)cc(C)c1.Cc1[c-]c(-c2nccc3c(C(C)C)cc(C(C)C)cc23)cc(C)c1.Cc1[c-]c(-c2nccc3c(CC(C)C)cc(CC(C)C)cc23)cc(C)c1.[Ir].[Ir].[Ir].[Ir]. The number of hydrogen-bond acceptors (Lipinski definition) is 12. The van der Waals surface area contributed by atoms with Gasteiger partial charge in [-0.05, 0) is 257 Å². The maximum atomic E-state index is 9.31. The van der Waals surface area contributed by atoms with Crippen molar-refractivity contribution in [3.05, 3.63) is 307 Å². The van der Waals surface area contributed by atoms with Crippen LogP contribution in [0.3, 0.4) is 0 Å². The number of aromatic nitrogens is 4. The molecule has 4 heterocycles. The molecule has 0 aliphatic heterocycles. The number of rotatable bonds is 30. The Morgan fingerprint density at radius 1 is 0.291 bits per heavy atom. The Morgan fingerprint density at radius 3 is 0.905 bits per heavy atom. The zero-order valence-corrected chi connectivity index (χ0v) is 106. The molecule has 4 unspecified atom stereocenters. The largest absolute Gasteiger partial charge is 0.513 e. The smallest absolute Gasteiger partial charge is 0.0933 e. The predicted molar refractivity (Wildman–Crippen MR) is 618 cm³/mol. The van der Waals surface area contributed by atoms with Crippen molar-refractivity contribution < 1.29 is 121 Å². The van der Waals surface area contributed by atoms with Crippen molar-refractivity contribution in [2.45, 2.75) is 351 Å². The fraction of sp³-hybridized carbons (Fsp3) is 0.485. The summed E-state index contributed by atoms with van der Waals surface area (Å²) >= 11 is 0. The summed E-state index contributed by atoms with van der Waals surface area (Å²) in [5, 5.41) is 83.8. The summed E-state index contributed by atoms with van der Waals surface area (Å²) in [7, 11) is 0. The monoisotopic (exact) mass is 2730 g/mol. The number of aliphatic hydroxyl groups excluding tert-OH is 8. The Bertz CT molecular complexity index is 5940. The van der Waals surface area contributed by atoms with Gasteiger partial charge in [-0.25, -0.2) is 0 Å². The van der Waals surface area contributed by atoms with Crippen molar-refractivity contribution in [2.24, 2.45) is 71.0 Å². The summed E-state index contributed by atoms with van der Waals surface area (Å²) in [6.07, 6.45) is 19.8. The first-order valence-electron chi connectivity index (χ1n) is 53.4. The van der Waals surface area contributed by atoms with Crippen LogP contribution in [0.1, 0.15) is 321 Å². The molecular formula is C132H184Ir4N4O8-4. The van der Waals surface area contributed by atoms with Crippen molar-refractivity contribution in [2.75, 3.05) is 0 Å². The molecule has 8 aromatic carbocycles. The molecule has 0 aliphatic carbocycles. The van der Waals surface area contributed by atoms with Gasteiger partial charge in [0.25, 0.3) is 0 Å². The molecule has 16 heteroatoms. The van der Waals surface area contributed by atoms with Crippen molar-refractivity contribution in [3.8, 4) is 45.0 Å². The van der Waals surface area contributed by atoms with Gasteiger partial charge in [0.1, 0.15) is 0 Å². The van der Waals surface area contributed by atoms with E-state index in [-0.39, 0.29) is 139 Å². The maximum absolute atomic E-state index is 9.31. The van der Waals surface area contributed by atoms with Gasteiger partial charge >= 0.3 is 0 Å². The van der Waals surface area contributed by atoms with Gasteiger partial charge in [0.05, 0.1) is 47.5 Å². The number of hydrogen-bond donors (Lipinski definition) is 8. The van der Waals surface area contributed by atoms with Crippen molar-refractivity contribution in [1.29, 1.82) is 0 Å². The molecule has 148 heavy (non-hydrogen) atoms.